The second kappa shape index (κ2) is 10.5. The van der Waals surface area contributed by atoms with E-state index >= 15 is 0 Å². The molecule has 0 spiro atoms. The largest absolute Gasteiger partial charge is 0.487 e. The van der Waals surface area contributed by atoms with Gasteiger partial charge in [-0.3, -0.25) is 9.48 Å². The lowest BCUT2D eigenvalue weighted by Gasteiger charge is -2.19. The molecule has 0 bridgehead atoms. The van der Waals surface area contributed by atoms with Crippen LogP contribution in [0.15, 0.2) is 91.1 Å². The zero-order valence-electron chi connectivity index (χ0n) is 23.3. The highest BCUT2D eigenvalue weighted by molar-refractivity contribution is 5.79. The smallest absolute Gasteiger partial charge is 0.309 e. The number of aromatic nitrogens is 5. The van der Waals surface area contributed by atoms with Gasteiger partial charge in [0.25, 0.3) is 0 Å². The van der Waals surface area contributed by atoms with Gasteiger partial charge in [0.1, 0.15) is 18.2 Å². The van der Waals surface area contributed by atoms with Crippen LogP contribution < -0.4 is 4.74 Å². The maximum absolute atomic E-state index is 12.0. The number of carboxylic acids is 1. The molecule has 0 unspecified atom stereocenters. The van der Waals surface area contributed by atoms with Crippen molar-refractivity contribution < 1.29 is 14.6 Å². The van der Waals surface area contributed by atoms with Crippen LogP contribution >= 0.6 is 0 Å². The van der Waals surface area contributed by atoms with Crippen LogP contribution in [0.25, 0.3) is 33.2 Å². The van der Waals surface area contributed by atoms with Crippen LogP contribution in [0, 0.1) is 5.41 Å². The van der Waals surface area contributed by atoms with Crippen molar-refractivity contribution in [3.63, 3.8) is 0 Å². The molecule has 0 aliphatic heterocycles. The number of benzene rings is 3. The lowest BCUT2D eigenvalue weighted by atomic mass is 9.89. The average Bonchev–Trinajstić information content (AvgIpc) is 3.54. The molecule has 8 heteroatoms. The molecule has 0 fully saturated rings. The van der Waals surface area contributed by atoms with Crippen molar-refractivity contribution in [2.24, 2.45) is 12.5 Å². The molecular formula is C33H31N5O3. The summed E-state index contributed by atoms with van der Waals surface area (Å²) < 4.78 is 10.1. The lowest BCUT2D eigenvalue weighted by molar-refractivity contribution is -0.146. The van der Waals surface area contributed by atoms with Gasteiger partial charge in [0.2, 0.25) is 0 Å². The number of rotatable bonds is 9. The fourth-order valence-electron chi connectivity index (χ4n) is 5.05. The van der Waals surface area contributed by atoms with E-state index in [0.29, 0.717) is 24.7 Å². The minimum Gasteiger partial charge on any atom is -0.487 e. The Morgan fingerprint density at radius 1 is 0.927 bits per heavy atom. The number of aliphatic carboxylic acids is 1. The third kappa shape index (κ3) is 5.41. The molecule has 0 saturated heterocycles. The molecule has 3 heterocycles. The fourth-order valence-corrected chi connectivity index (χ4v) is 5.05. The van der Waals surface area contributed by atoms with Gasteiger partial charge in [0, 0.05) is 43.2 Å². The number of fused-ring (bicyclic) bond motifs is 2. The average molecular weight is 546 g/mol. The number of para-hydroxylation sites is 1. The molecule has 0 atom stereocenters. The van der Waals surface area contributed by atoms with Gasteiger partial charge >= 0.3 is 5.97 Å². The molecule has 41 heavy (non-hydrogen) atoms. The number of pyridine rings is 1. The van der Waals surface area contributed by atoms with E-state index in [9.17, 15) is 9.90 Å². The van der Waals surface area contributed by atoms with Crippen LogP contribution in [-0.4, -0.2) is 35.4 Å². The lowest BCUT2D eigenvalue weighted by Crippen LogP contribution is -2.27. The summed E-state index contributed by atoms with van der Waals surface area (Å²) >= 11 is 0. The Labute approximate surface area is 237 Å². The molecule has 0 saturated carbocycles. The number of ether oxygens (including phenoxy) is 1. The Bertz CT molecular complexity index is 1890. The van der Waals surface area contributed by atoms with E-state index in [0.717, 1.165) is 44.5 Å². The summed E-state index contributed by atoms with van der Waals surface area (Å²) in [5, 5.41) is 15.2. The highest BCUT2D eigenvalue weighted by Crippen LogP contribution is 2.29. The first-order chi connectivity index (χ1) is 19.8. The Balaban J connectivity index is 1.32. The number of nitrogens with zero attached hydrogens (tertiary/aromatic N) is 5. The van der Waals surface area contributed by atoms with Crippen LogP contribution in [0.2, 0.25) is 0 Å². The number of carbonyl (C=O) groups is 1. The predicted octanol–water partition coefficient (Wildman–Crippen LogP) is 6.27. The van der Waals surface area contributed by atoms with Crippen molar-refractivity contribution in [3.8, 4) is 17.0 Å². The number of aryl methyl sites for hydroxylation is 1. The Hall–Kier alpha value is -4.98. The van der Waals surface area contributed by atoms with Crippen LogP contribution in [0.3, 0.4) is 0 Å². The van der Waals surface area contributed by atoms with Gasteiger partial charge < -0.3 is 14.4 Å². The normalized spacial score (nSPS) is 11.8. The van der Waals surface area contributed by atoms with Gasteiger partial charge in [0.05, 0.1) is 33.4 Å². The minimum atomic E-state index is -0.975. The van der Waals surface area contributed by atoms with Crippen LogP contribution in [0.5, 0.6) is 5.75 Å². The first kappa shape index (κ1) is 26.3. The highest BCUT2D eigenvalue weighted by Gasteiger charge is 2.30. The second-order valence-corrected chi connectivity index (χ2v) is 11.0. The number of carboxylic acid groups (broad SMARTS) is 1. The van der Waals surface area contributed by atoms with Gasteiger partial charge in [-0.15, -0.1) is 0 Å². The summed E-state index contributed by atoms with van der Waals surface area (Å²) in [6, 6.07) is 28.2. The van der Waals surface area contributed by atoms with Crippen molar-refractivity contribution in [2.75, 3.05) is 0 Å². The summed E-state index contributed by atoms with van der Waals surface area (Å²) in [5.41, 5.74) is 5.65. The van der Waals surface area contributed by atoms with Gasteiger partial charge in [-0.25, -0.2) is 9.97 Å². The third-order valence-corrected chi connectivity index (χ3v) is 7.40. The van der Waals surface area contributed by atoms with E-state index in [1.54, 1.807) is 20.0 Å². The van der Waals surface area contributed by atoms with Gasteiger partial charge in [-0.2, -0.15) is 5.10 Å². The van der Waals surface area contributed by atoms with Crippen LogP contribution in [0.4, 0.5) is 0 Å². The molecule has 3 aromatic carbocycles. The number of imidazole rings is 1. The summed E-state index contributed by atoms with van der Waals surface area (Å²) in [6.07, 6.45) is 2.07. The molecule has 3 aromatic heterocycles. The van der Waals surface area contributed by atoms with E-state index in [4.69, 9.17) is 14.7 Å². The number of hydrogen-bond donors (Lipinski definition) is 1. The fraction of sp³-hybridized carbons (Fsp3) is 0.212. The molecule has 8 nitrogen and oxygen atoms in total. The molecule has 1 N–H and O–H groups in total. The SMILES string of the molecule is Cn1nccc1-c1cccc(Cn2c(CC(C)(C)C(=O)O)nc3cc(OCc4ccc5ccccc5n4)ccc32)c1. The van der Waals surface area contributed by atoms with E-state index < -0.39 is 11.4 Å². The summed E-state index contributed by atoms with van der Waals surface area (Å²) in [6.45, 7) is 4.34. The first-order valence-electron chi connectivity index (χ1n) is 13.5. The summed E-state index contributed by atoms with van der Waals surface area (Å²) in [7, 11) is 1.92. The zero-order chi connectivity index (χ0) is 28.6. The van der Waals surface area contributed by atoms with Crippen LogP contribution in [-0.2, 0) is 31.4 Å². The standard InChI is InChI=1S/C33H31N5O3/c1-33(2,32(39)40)19-31-36-28-18-26(41-21-25-12-11-23-8-4-5-10-27(23)35-25)13-14-30(28)38(31)20-22-7-6-9-24(17-22)29-15-16-34-37(29)3/h4-18H,19-21H2,1-3H3,(H,39,40). The third-order valence-electron chi connectivity index (χ3n) is 7.40. The zero-order valence-corrected chi connectivity index (χ0v) is 23.3. The van der Waals surface area contributed by atoms with E-state index in [1.807, 2.05) is 78.5 Å². The van der Waals surface area contributed by atoms with Crippen molar-refractivity contribution in [1.82, 2.24) is 24.3 Å². The topological polar surface area (TPSA) is 95.1 Å². The Morgan fingerprint density at radius 3 is 2.59 bits per heavy atom. The molecular weight excluding hydrogens is 514 g/mol. The Kier molecular flexibility index (Phi) is 6.75. The van der Waals surface area contributed by atoms with Crippen LogP contribution in [0.1, 0.15) is 30.9 Å². The van der Waals surface area contributed by atoms with Crippen molar-refractivity contribution in [2.45, 2.75) is 33.4 Å². The van der Waals surface area contributed by atoms with E-state index in [-0.39, 0.29) is 6.42 Å². The second-order valence-electron chi connectivity index (χ2n) is 11.0. The highest BCUT2D eigenvalue weighted by atomic mass is 16.5. The van der Waals surface area contributed by atoms with Crippen molar-refractivity contribution >= 4 is 27.9 Å². The van der Waals surface area contributed by atoms with Gasteiger partial charge in [-0.1, -0.05) is 42.5 Å². The first-order valence-corrected chi connectivity index (χ1v) is 13.5. The Morgan fingerprint density at radius 2 is 1.78 bits per heavy atom. The molecule has 206 valence electrons. The quantitative estimate of drug-likeness (QED) is 0.230. The van der Waals surface area contributed by atoms with Gasteiger partial charge in [-0.05, 0) is 55.8 Å². The predicted molar refractivity (Wildman–Crippen MR) is 159 cm³/mol. The maximum atomic E-state index is 12.0. The van der Waals surface area contributed by atoms with Crippen molar-refractivity contribution in [3.05, 3.63) is 108 Å². The van der Waals surface area contributed by atoms with Crippen molar-refractivity contribution in [1.29, 1.82) is 0 Å². The molecule has 6 aromatic rings. The molecule has 0 radical (unpaired) electrons. The van der Waals surface area contributed by atoms with Gasteiger partial charge in [0.15, 0.2) is 0 Å². The van der Waals surface area contributed by atoms with E-state index in [2.05, 4.69) is 27.9 Å². The molecule has 0 aliphatic carbocycles. The molecule has 0 aliphatic rings. The molecule has 6 rings (SSSR count). The summed E-state index contributed by atoms with van der Waals surface area (Å²) in [4.78, 5) is 21.6. The monoisotopic (exact) mass is 545 g/mol. The summed E-state index contributed by atoms with van der Waals surface area (Å²) in [5.74, 6) is 0.534. The maximum Gasteiger partial charge on any atom is 0.309 e. The number of hydrogen-bond acceptors (Lipinski definition) is 5. The minimum absolute atomic E-state index is 0.287. The van der Waals surface area contributed by atoms with E-state index in [1.165, 1.54) is 0 Å². The molecule has 0 amide bonds.